The van der Waals surface area contributed by atoms with Gasteiger partial charge >= 0.3 is 0 Å². The Bertz CT molecular complexity index is 504. The standard InChI is InChI=1S/C10H11ClN4/c1-6-13-14-10(15(6)2)8-5-7(12)3-4-9(8)11/h3-5H,12H2,1-2H3. The Morgan fingerprint density at radius 1 is 1.33 bits per heavy atom. The minimum Gasteiger partial charge on any atom is -0.399 e. The van der Waals surface area contributed by atoms with Crippen LogP contribution >= 0.6 is 11.6 Å². The number of nitrogen functional groups attached to an aromatic ring is 1. The molecule has 0 fully saturated rings. The van der Waals surface area contributed by atoms with Crippen LogP contribution in [0.25, 0.3) is 11.4 Å². The molecule has 0 saturated heterocycles. The number of hydrogen-bond acceptors (Lipinski definition) is 3. The van der Waals surface area contributed by atoms with Crippen molar-refractivity contribution < 1.29 is 0 Å². The third kappa shape index (κ3) is 1.68. The zero-order chi connectivity index (χ0) is 11.0. The van der Waals surface area contributed by atoms with Crippen LogP contribution in [0.5, 0.6) is 0 Å². The van der Waals surface area contributed by atoms with Crippen LogP contribution < -0.4 is 5.73 Å². The average Bonchev–Trinajstić information content (AvgIpc) is 2.52. The van der Waals surface area contributed by atoms with Gasteiger partial charge in [-0.1, -0.05) is 11.6 Å². The molecule has 1 aromatic heterocycles. The first kappa shape index (κ1) is 9.98. The minimum atomic E-state index is 0.625. The molecule has 4 nitrogen and oxygen atoms in total. The number of hydrogen-bond donors (Lipinski definition) is 1. The van der Waals surface area contributed by atoms with E-state index in [2.05, 4.69) is 10.2 Å². The molecule has 0 aliphatic carbocycles. The van der Waals surface area contributed by atoms with Gasteiger partial charge in [0.15, 0.2) is 5.82 Å². The summed E-state index contributed by atoms with van der Waals surface area (Å²) in [4.78, 5) is 0. The Hall–Kier alpha value is -1.55. The van der Waals surface area contributed by atoms with Gasteiger partial charge in [-0.15, -0.1) is 10.2 Å². The topological polar surface area (TPSA) is 56.7 Å². The van der Waals surface area contributed by atoms with Crippen molar-refractivity contribution in [2.24, 2.45) is 7.05 Å². The first-order valence-corrected chi connectivity index (χ1v) is 4.89. The van der Waals surface area contributed by atoms with E-state index in [0.29, 0.717) is 10.7 Å². The second-order valence-electron chi connectivity index (χ2n) is 3.37. The molecule has 78 valence electrons. The zero-order valence-electron chi connectivity index (χ0n) is 8.53. The van der Waals surface area contributed by atoms with Crippen LogP contribution in [0.4, 0.5) is 5.69 Å². The van der Waals surface area contributed by atoms with Crippen molar-refractivity contribution in [3.05, 3.63) is 29.0 Å². The van der Waals surface area contributed by atoms with Crippen LogP contribution in [0, 0.1) is 6.92 Å². The van der Waals surface area contributed by atoms with Gasteiger partial charge in [-0.2, -0.15) is 0 Å². The Balaban J connectivity index is 2.63. The highest BCUT2D eigenvalue weighted by molar-refractivity contribution is 6.33. The lowest BCUT2D eigenvalue weighted by molar-refractivity contribution is 0.865. The van der Waals surface area contributed by atoms with Crippen LogP contribution in [-0.4, -0.2) is 14.8 Å². The van der Waals surface area contributed by atoms with Crippen molar-refractivity contribution in [2.45, 2.75) is 6.92 Å². The lowest BCUT2D eigenvalue weighted by Gasteiger charge is -2.05. The number of nitrogens with zero attached hydrogens (tertiary/aromatic N) is 3. The first-order valence-electron chi connectivity index (χ1n) is 4.51. The molecular formula is C10H11ClN4. The Labute approximate surface area is 92.7 Å². The van der Waals surface area contributed by atoms with Gasteiger partial charge in [-0.05, 0) is 25.1 Å². The van der Waals surface area contributed by atoms with Gasteiger partial charge in [0.25, 0.3) is 0 Å². The summed E-state index contributed by atoms with van der Waals surface area (Å²) in [5.74, 6) is 1.56. The number of aryl methyl sites for hydroxylation is 1. The normalized spacial score (nSPS) is 10.6. The highest BCUT2D eigenvalue weighted by Crippen LogP contribution is 2.28. The number of aromatic nitrogens is 3. The summed E-state index contributed by atoms with van der Waals surface area (Å²) < 4.78 is 1.88. The maximum absolute atomic E-state index is 6.08. The SMILES string of the molecule is Cc1nnc(-c2cc(N)ccc2Cl)n1C. The fraction of sp³-hybridized carbons (Fsp3) is 0.200. The van der Waals surface area contributed by atoms with Gasteiger partial charge in [-0.25, -0.2) is 0 Å². The molecule has 0 spiro atoms. The quantitative estimate of drug-likeness (QED) is 0.752. The molecule has 1 aromatic carbocycles. The number of anilines is 1. The van der Waals surface area contributed by atoms with E-state index in [4.69, 9.17) is 17.3 Å². The van der Waals surface area contributed by atoms with E-state index in [0.717, 1.165) is 17.2 Å². The second kappa shape index (κ2) is 3.55. The van der Waals surface area contributed by atoms with Gasteiger partial charge in [0.05, 0.1) is 5.02 Å². The van der Waals surface area contributed by atoms with Crippen LogP contribution in [0.3, 0.4) is 0 Å². The molecule has 2 rings (SSSR count). The van der Waals surface area contributed by atoms with E-state index < -0.39 is 0 Å². The Kier molecular flexibility index (Phi) is 2.36. The molecule has 0 unspecified atom stereocenters. The van der Waals surface area contributed by atoms with Gasteiger partial charge in [0.2, 0.25) is 0 Å². The van der Waals surface area contributed by atoms with E-state index in [1.54, 1.807) is 18.2 Å². The van der Waals surface area contributed by atoms with Crippen LogP contribution in [0.15, 0.2) is 18.2 Å². The highest BCUT2D eigenvalue weighted by atomic mass is 35.5. The molecule has 2 aromatic rings. The summed E-state index contributed by atoms with van der Waals surface area (Å²) in [5.41, 5.74) is 7.17. The summed E-state index contributed by atoms with van der Waals surface area (Å²) in [6.45, 7) is 1.89. The molecule has 0 aliphatic heterocycles. The summed E-state index contributed by atoms with van der Waals surface area (Å²) in [5, 5.41) is 8.66. The molecule has 0 aliphatic rings. The number of benzene rings is 1. The highest BCUT2D eigenvalue weighted by Gasteiger charge is 2.11. The van der Waals surface area contributed by atoms with Crippen molar-refractivity contribution in [1.29, 1.82) is 0 Å². The fourth-order valence-corrected chi connectivity index (χ4v) is 1.56. The van der Waals surface area contributed by atoms with E-state index in [1.807, 2.05) is 18.5 Å². The Morgan fingerprint density at radius 3 is 2.67 bits per heavy atom. The first-order chi connectivity index (χ1) is 7.09. The lowest BCUT2D eigenvalue weighted by atomic mass is 10.2. The summed E-state index contributed by atoms with van der Waals surface area (Å²) in [7, 11) is 1.89. The van der Waals surface area contributed by atoms with E-state index >= 15 is 0 Å². The van der Waals surface area contributed by atoms with Crippen molar-refractivity contribution in [3.8, 4) is 11.4 Å². The smallest absolute Gasteiger partial charge is 0.165 e. The predicted molar refractivity (Wildman–Crippen MR) is 60.6 cm³/mol. The molecule has 15 heavy (non-hydrogen) atoms. The van der Waals surface area contributed by atoms with Crippen molar-refractivity contribution >= 4 is 17.3 Å². The third-order valence-corrected chi connectivity index (χ3v) is 2.65. The molecule has 0 atom stereocenters. The third-order valence-electron chi connectivity index (χ3n) is 2.32. The molecule has 1 heterocycles. The summed E-state index contributed by atoms with van der Waals surface area (Å²) in [6, 6.07) is 5.32. The van der Waals surface area contributed by atoms with Gasteiger partial charge < -0.3 is 10.3 Å². The molecule has 0 bridgehead atoms. The van der Waals surface area contributed by atoms with Crippen LogP contribution in [-0.2, 0) is 7.05 Å². The molecule has 0 amide bonds. The van der Waals surface area contributed by atoms with E-state index in [-0.39, 0.29) is 0 Å². The number of nitrogens with two attached hydrogens (primary N) is 1. The molecular weight excluding hydrogens is 212 g/mol. The molecule has 0 radical (unpaired) electrons. The molecule has 2 N–H and O–H groups in total. The van der Waals surface area contributed by atoms with Crippen molar-refractivity contribution in [3.63, 3.8) is 0 Å². The second-order valence-corrected chi connectivity index (χ2v) is 3.78. The monoisotopic (exact) mass is 222 g/mol. The molecule has 0 saturated carbocycles. The number of rotatable bonds is 1. The maximum atomic E-state index is 6.08. The van der Waals surface area contributed by atoms with Crippen molar-refractivity contribution in [1.82, 2.24) is 14.8 Å². The van der Waals surface area contributed by atoms with Gasteiger partial charge in [-0.3, -0.25) is 0 Å². The van der Waals surface area contributed by atoms with Crippen LogP contribution in [0.2, 0.25) is 5.02 Å². The number of halogens is 1. The van der Waals surface area contributed by atoms with Gasteiger partial charge in [0, 0.05) is 18.3 Å². The van der Waals surface area contributed by atoms with E-state index in [9.17, 15) is 0 Å². The summed E-state index contributed by atoms with van der Waals surface area (Å²) >= 11 is 6.08. The summed E-state index contributed by atoms with van der Waals surface area (Å²) in [6.07, 6.45) is 0. The molecule has 5 heteroatoms. The lowest BCUT2D eigenvalue weighted by Crippen LogP contribution is -1.96. The Morgan fingerprint density at radius 2 is 2.07 bits per heavy atom. The predicted octanol–water partition coefficient (Wildman–Crippen LogP) is 2.03. The minimum absolute atomic E-state index is 0.625. The van der Waals surface area contributed by atoms with Crippen LogP contribution in [0.1, 0.15) is 5.82 Å². The largest absolute Gasteiger partial charge is 0.399 e. The van der Waals surface area contributed by atoms with E-state index in [1.165, 1.54) is 0 Å². The van der Waals surface area contributed by atoms with Crippen molar-refractivity contribution in [2.75, 3.05) is 5.73 Å². The average molecular weight is 223 g/mol. The fourth-order valence-electron chi connectivity index (χ4n) is 1.36. The zero-order valence-corrected chi connectivity index (χ0v) is 9.28. The van der Waals surface area contributed by atoms with Gasteiger partial charge in [0.1, 0.15) is 5.82 Å². The maximum Gasteiger partial charge on any atom is 0.165 e.